The van der Waals surface area contributed by atoms with E-state index in [0.29, 0.717) is 18.9 Å². The van der Waals surface area contributed by atoms with Crippen molar-refractivity contribution in [3.63, 3.8) is 0 Å². The van der Waals surface area contributed by atoms with E-state index in [-0.39, 0.29) is 16.8 Å². The van der Waals surface area contributed by atoms with Crippen molar-refractivity contribution in [1.82, 2.24) is 14.8 Å². The van der Waals surface area contributed by atoms with E-state index in [1.54, 1.807) is 0 Å². The Kier molecular flexibility index (Phi) is 3.74. The molecule has 0 saturated heterocycles. The van der Waals surface area contributed by atoms with E-state index in [1.807, 2.05) is 10.6 Å². The van der Waals surface area contributed by atoms with Crippen molar-refractivity contribution in [3.8, 4) is 0 Å². The zero-order valence-electron chi connectivity index (χ0n) is 11.2. The highest BCUT2D eigenvalue weighted by molar-refractivity contribution is 8.00. The SMILES string of the molecule is C=CCn1c(SC2CCCC(=O)C2=O)nnc1C1CC1. The topological polar surface area (TPSA) is 64.8 Å². The number of carbonyl (C=O) groups is 2. The fourth-order valence-corrected chi connectivity index (χ4v) is 3.61. The molecule has 0 amide bonds. The molecule has 106 valence electrons. The Balaban J connectivity index is 1.81. The standard InChI is InChI=1S/C14H17N3O2S/c1-2-8-17-13(9-6-7-9)15-16-14(17)20-11-5-3-4-10(18)12(11)19/h2,9,11H,1,3-8H2. The number of aromatic nitrogens is 3. The highest BCUT2D eigenvalue weighted by Crippen LogP contribution is 2.40. The molecule has 1 aromatic heterocycles. The van der Waals surface area contributed by atoms with E-state index < -0.39 is 0 Å². The molecule has 1 atom stereocenters. The molecule has 6 heteroatoms. The Morgan fingerprint density at radius 2 is 2.10 bits per heavy atom. The molecule has 5 nitrogen and oxygen atoms in total. The predicted molar refractivity (Wildman–Crippen MR) is 75.7 cm³/mol. The Bertz CT molecular complexity index is 563. The third-order valence-corrected chi connectivity index (χ3v) is 4.93. The van der Waals surface area contributed by atoms with E-state index in [1.165, 1.54) is 11.8 Å². The lowest BCUT2D eigenvalue weighted by Gasteiger charge is -2.18. The van der Waals surface area contributed by atoms with Crippen molar-refractivity contribution in [3.05, 3.63) is 18.5 Å². The average Bonchev–Trinajstić information content (AvgIpc) is 3.20. The van der Waals surface area contributed by atoms with Crippen LogP contribution in [0.25, 0.3) is 0 Å². The first kappa shape index (κ1) is 13.5. The minimum atomic E-state index is -0.295. The van der Waals surface area contributed by atoms with Crippen LogP contribution >= 0.6 is 11.8 Å². The molecular weight excluding hydrogens is 274 g/mol. The van der Waals surface area contributed by atoms with Crippen molar-refractivity contribution >= 4 is 23.3 Å². The average molecular weight is 291 g/mol. The third kappa shape index (κ3) is 2.57. The molecule has 0 bridgehead atoms. The number of thioether (sulfide) groups is 1. The van der Waals surface area contributed by atoms with Crippen LogP contribution in [0.2, 0.25) is 0 Å². The van der Waals surface area contributed by atoms with Crippen molar-refractivity contribution in [2.24, 2.45) is 0 Å². The molecule has 2 aliphatic rings. The number of rotatable bonds is 5. The van der Waals surface area contributed by atoms with Crippen LogP contribution < -0.4 is 0 Å². The second kappa shape index (κ2) is 5.52. The summed E-state index contributed by atoms with van der Waals surface area (Å²) in [6, 6.07) is 0. The van der Waals surface area contributed by atoms with Crippen LogP contribution in [0, 0.1) is 0 Å². The first-order chi connectivity index (χ1) is 9.70. The summed E-state index contributed by atoms with van der Waals surface area (Å²) in [5.74, 6) is 0.982. The van der Waals surface area contributed by atoms with Crippen LogP contribution in [0.15, 0.2) is 17.8 Å². The summed E-state index contributed by atoms with van der Waals surface area (Å²) >= 11 is 1.38. The van der Waals surface area contributed by atoms with Crippen molar-refractivity contribution in [1.29, 1.82) is 0 Å². The molecule has 2 aliphatic carbocycles. The second-order valence-electron chi connectivity index (χ2n) is 5.30. The Morgan fingerprint density at radius 3 is 2.80 bits per heavy atom. The predicted octanol–water partition coefficient (Wildman–Crippen LogP) is 2.12. The molecule has 20 heavy (non-hydrogen) atoms. The maximum absolute atomic E-state index is 11.9. The number of Topliss-reactive ketones (excluding diaryl/α,β-unsaturated/α-hetero) is 2. The summed E-state index contributed by atoms with van der Waals surface area (Å²) in [4.78, 5) is 23.4. The first-order valence-corrected chi connectivity index (χ1v) is 7.86. The molecule has 2 fully saturated rings. The molecule has 0 aliphatic heterocycles. The molecule has 0 aromatic carbocycles. The molecule has 1 heterocycles. The summed E-state index contributed by atoms with van der Waals surface area (Å²) in [7, 11) is 0. The summed E-state index contributed by atoms with van der Waals surface area (Å²) in [6.07, 6.45) is 6.04. The van der Waals surface area contributed by atoms with Crippen LogP contribution in [0.3, 0.4) is 0 Å². The maximum atomic E-state index is 11.9. The molecule has 2 saturated carbocycles. The molecule has 3 rings (SSSR count). The van der Waals surface area contributed by atoms with Crippen LogP contribution in [0.1, 0.15) is 43.8 Å². The number of nitrogens with zero attached hydrogens (tertiary/aromatic N) is 3. The minimum absolute atomic E-state index is 0.244. The lowest BCUT2D eigenvalue weighted by molar-refractivity contribution is -0.137. The van der Waals surface area contributed by atoms with E-state index in [0.717, 1.165) is 36.7 Å². The van der Waals surface area contributed by atoms with E-state index in [2.05, 4.69) is 16.8 Å². The lowest BCUT2D eigenvalue weighted by Crippen LogP contribution is -2.30. The van der Waals surface area contributed by atoms with Crippen molar-refractivity contribution in [2.75, 3.05) is 0 Å². The van der Waals surface area contributed by atoms with Gasteiger partial charge in [-0.1, -0.05) is 17.8 Å². The summed E-state index contributed by atoms with van der Waals surface area (Å²) in [6.45, 7) is 4.41. The minimum Gasteiger partial charge on any atom is -0.302 e. The number of hydrogen-bond acceptors (Lipinski definition) is 5. The van der Waals surface area contributed by atoms with Gasteiger partial charge in [-0.05, 0) is 25.7 Å². The quantitative estimate of drug-likeness (QED) is 0.614. The van der Waals surface area contributed by atoms with Gasteiger partial charge in [-0.2, -0.15) is 0 Å². The number of ketones is 2. The van der Waals surface area contributed by atoms with Crippen LogP contribution in [0.5, 0.6) is 0 Å². The summed E-state index contributed by atoms with van der Waals surface area (Å²) in [5.41, 5.74) is 0. The lowest BCUT2D eigenvalue weighted by atomic mass is 9.98. The van der Waals surface area contributed by atoms with Gasteiger partial charge in [0.15, 0.2) is 10.9 Å². The Morgan fingerprint density at radius 1 is 1.30 bits per heavy atom. The maximum Gasteiger partial charge on any atom is 0.211 e. The van der Waals surface area contributed by atoms with Gasteiger partial charge in [-0.15, -0.1) is 16.8 Å². The highest BCUT2D eigenvalue weighted by Gasteiger charge is 2.34. The number of carbonyl (C=O) groups excluding carboxylic acids is 2. The van der Waals surface area contributed by atoms with Crippen LogP contribution in [0.4, 0.5) is 0 Å². The monoisotopic (exact) mass is 291 g/mol. The summed E-state index contributed by atoms with van der Waals surface area (Å²) < 4.78 is 2.03. The van der Waals surface area contributed by atoms with Gasteiger partial charge >= 0.3 is 0 Å². The molecule has 1 unspecified atom stereocenters. The molecule has 0 N–H and O–H groups in total. The van der Waals surface area contributed by atoms with Gasteiger partial charge < -0.3 is 4.57 Å². The van der Waals surface area contributed by atoms with Gasteiger partial charge in [0.05, 0.1) is 5.25 Å². The van der Waals surface area contributed by atoms with Gasteiger partial charge in [0, 0.05) is 18.9 Å². The molecule has 0 spiro atoms. The number of hydrogen-bond donors (Lipinski definition) is 0. The van der Waals surface area contributed by atoms with Crippen molar-refractivity contribution < 1.29 is 9.59 Å². The van der Waals surface area contributed by atoms with E-state index in [9.17, 15) is 9.59 Å². The normalized spacial score (nSPS) is 23.1. The first-order valence-electron chi connectivity index (χ1n) is 6.98. The molecule has 1 aromatic rings. The van der Waals surface area contributed by atoms with Gasteiger partial charge in [0.25, 0.3) is 0 Å². The smallest absolute Gasteiger partial charge is 0.211 e. The highest BCUT2D eigenvalue weighted by atomic mass is 32.2. The fraction of sp³-hybridized carbons (Fsp3) is 0.571. The summed E-state index contributed by atoms with van der Waals surface area (Å²) in [5, 5.41) is 8.91. The zero-order chi connectivity index (χ0) is 14.1. The fourth-order valence-electron chi connectivity index (χ4n) is 2.45. The van der Waals surface area contributed by atoms with Gasteiger partial charge in [0.2, 0.25) is 5.78 Å². The van der Waals surface area contributed by atoms with Crippen LogP contribution in [-0.2, 0) is 16.1 Å². The van der Waals surface area contributed by atoms with E-state index in [4.69, 9.17) is 0 Å². The van der Waals surface area contributed by atoms with Gasteiger partial charge in [-0.3, -0.25) is 9.59 Å². The van der Waals surface area contributed by atoms with Crippen LogP contribution in [-0.4, -0.2) is 31.6 Å². The second-order valence-corrected chi connectivity index (χ2v) is 6.47. The molecular formula is C14H17N3O2S. The van der Waals surface area contributed by atoms with Gasteiger partial charge in [0.1, 0.15) is 5.82 Å². The van der Waals surface area contributed by atoms with Gasteiger partial charge in [-0.25, -0.2) is 0 Å². The molecule has 0 radical (unpaired) electrons. The Hall–Kier alpha value is -1.43. The van der Waals surface area contributed by atoms with E-state index >= 15 is 0 Å². The Labute approximate surface area is 121 Å². The largest absolute Gasteiger partial charge is 0.302 e. The third-order valence-electron chi connectivity index (χ3n) is 3.68. The zero-order valence-corrected chi connectivity index (χ0v) is 12.1. The van der Waals surface area contributed by atoms with Crippen molar-refractivity contribution in [2.45, 2.75) is 55.0 Å². The number of allylic oxidation sites excluding steroid dienone is 1.